The second-order valence-electron chi connectivity index (χ2n) is 12.0. The van der Waals surface area contributed by atoms with E-state index < -0.39 is 47.5 Å². The molecule has 0 fully saturated rings. The smallest absolute Gasteiger partial charge is 0.407 e. The summed E-state index contributed by atoms with van der Waals surface area (Å²) in [6.07, 6.45) is -2.59. The van der Waals surface area contributed by atoms with Gasteiger partial charge in [0.2, 0.25) is 5.91 Å². The zero-order valence-corrected chi connectivity index (χ0v) is 24.2. The molecule has 0 spiro atoms. The van der Waals surface area contributed by atoms with E-state index in [2.05, 4.69) is 10.6 Å². The Labute approximate surface area is 246 Å². The number of ether oxygens (including phenoxy) is 1. The molecule has 9 heteroatoms. The Morgan fingerprint density at radius 1 is 0.976 bits per heavy atom. The summed E-state index contributed by atoms with van der Waals surface area (Å²) >= 11 is 0. The summed E-state index contributed by atoms with van der Waals surface area (Å²) in [6.45, 7) is 5.23. The predicted molar refractivity (Wildman–Crippen MR) is 157 cm³/mol. The SMILES string of the molecule is CC(C)(C)OC(=O)NC(Cc1ccccc1)C(O)CC(Cc1cccc(O)c1)C(=O)N[C@@]1(O)C[C@@H](O)c2ccccc21. The summed E-state index contributed by atoms with van der Waals surface area (Å²) < 4.78 is 5.44. The zero-order chi connectivity index (χ0) is 30.5. The second-order valence-corrected chi connectivity index (χ2v) is 12.0. The lowest BCUT2D eigenvalue weighted by molar-refractivity contribution is -0.135. The van der Waals surface area contributed by atoms with E-state index >= 15 is 0 Å². The quantitative estimate of drug-likeness (QED) is 0.201. The van der Waals surface area contributed by atoms with Crippen molar-refractivity contribution in [1.82, 2.24) is 10.6 Å². The van der Waals surface area contributed by atoms with Crippen molar-refractivity contribution in [3.05, 3.63) is 101 Å². The van der Waals surface area contributed by atoms with Crippen LogP contribution in [0.5, 0.6) is 5.75 Å². The van der Waals surface area contributed by atoms with Gasteiger partial charge < -0.3 is 35.8 Å². The van der Waals surface area contributed by atoms with Crippen LogP contribution in [0.15, 0.2) is 78.9 Å². The van der Waals surface area contributed by atoms with E-state index in [0.717, 1.165) is 5.56 Å². The molecule has 0 aliphatic heterocycles. The number of fused-ring (bicyclic) bond motifs is 1. The number of hydrogen-bond acceptors (Lipinski definition) is 7. The zero-order valence-electron chi connectivity index (χ0n) is 24.2. The third-order valence-electron chi connectivity index (χ3n) is 7.34. The van der Waals surface area contributed by atoms with Crippen molar-refractivity contribution in [2.24, 2.45) is 5.92 Å². The molecule has 1 aliphatic rings. The summed E-state index contributed by atoms with van der Waals surface area (Å²) in [6, 6.07) is 21.9. The van der Waals surface area contributed by atoms with Crippen LogP contribution in [0.2, 0.25) is 0 Å². The van der Waals surface area contributed by atoms with Crippen LogP contribution in [0.3, 0.4) is 0 Å². The number of aliphatic hydroxyl groups excluding tert-OH is 2. The molecule has 0 aromatic heterocycles. The summed E-state index contributed by atoms with van der Waals surface area (Å²) in [5, 5.41) is 49.0. The van der Waals surface area contributed by atoms with Crippen LogP contribution in [-0.2, 0) is 28.1 Å². The highest BCUT2D eigenvalue weighted by Crippen LogP contribution is 2.41. The van der Waals surface area contributed by atoms with Gasteiger partial charge in [0.1, 0.15) is 11.4 Å². The first kappa shape index (κ1) is 31.0. The van der Waals surface area contributed by atoms with Gasteiger partial charge in [0.15, 0.2) is 5.72 Å². The van der Waals surface area contributed by atoms with E-state index in [-0.39, 0.29) is 31.4 Å². The summed E-state index contributed by atoms with van der Waals surface area (Å²) in [4.78, 5) is 26.5. The number of benzene rings is 3. The minimum atomic E-state index is -1.80. The van der Waals surface area contributed by atoms with Gasteiger partial charge in [-0.2, -0.15) is 0 Å². The van der Waals surface area contributed by atoms with Crippen LogP contribution >= 0.6 is 0 Å². The maximum Gasteiger partial charge on any atom is 0.407 e. The molecule has 0 saturated heterocycles. The molecule has 4 rings (SSSR count). The minimum Gasteiger partial charge on any atom is -0.508 e. The van der Waals surface area contributed by atoms with Crippen molar-refractivity contribution in [1.29, 1.82) is 0 Å². The van der Waals surface area contributed by atoms with Gasteiger partial charge in [-0.05, 0) is 68.9 Å². The maximum absolute atomic E-state index is 13.8. The lowest BCUT2D eigenvalue weighted by Gasteiger charge is -2.31. The fourth-order valence-electron chi connectivity index (χ4n) is 5.41. The maximum atomic E-state index is 13.8. The van der Waals surface area contributed by atoms with Gasteiger partial charge >= 0.3 is 6.09 Å². The van der Waals surface area contributed by atoms with Crippen molar-refractivity contribution in [3.63, 3.8) is 0 Å². The Bertz CT molecular complexity index is 1370. The van der Waals surface area contributed by atoms with Gasteiger partial charge in [-0.1, -0.05) is 66.7 Å². The summed E-state index contributed by atoms with van der Waals surface area (Å²) in [5.74, 6) is -1.37. The Hall–Kier alpha value is -3.92. The number of nitrogens with one attached hydrogen (secondary N) is 2. The number of phenols is 1. The van der Waals surface area contributed by atoms with Crippen molar-refractivity contribution < 1.29 is 34.8 Å². The van der Waals surface area contributed by atoms with Crippen molar-refractivity contribution in [2.45, 2.75) is 76.0 Å². The van der Waals surface area contributed by atoms with E-state index in [1.165, 1.54) is 12.1 Å². The largest absolute Gasteiger partial charge is 0.508 e. The lowest BCUT2D eigenvalue weighted by Crippen LogP contribution is -2.50. The van der Waals surface area contributed by atoms with E-state index in [1.807, 2.05) is 30.3 Å². The van der Waals surface area contributed by atoms with Gasteiger partial charge in [0, 0.05) is 17.9 Å². The summed E-state index contributed by atoms with van der Waals surface area (Å²) in [7, 11) is 0. The van der Waals surface area contributed by atoms with E-state index in [4.69, 9.17) is 4.74 Å². The molecule has 0 heterocycles. The predicted octanol–water partition coefficient (Wildman–Crippen LogP) is 3.84. The molecule has 5 atom stereocenters. The van der Waals surface area contributed by atoms with Crippen LogP contribution in [-0.4, -0.2) is 50.2 Å². The van der Waals surface area contributed by atoms with E-state index in [0.29, 0.717) is 16.7 Å². The standard InChI is InChI=1S/C33H40N2O7/c1-32(2,3)42-31(40)34-27(18-21-10-5-4-6-11-21)28(37)19-23(16-22-12-9-13-24(36)17-22)30(39)35-33(41)20-29(38)25-14-7-8-15-26(25)33/h4-15,17,23,27-29,36-38,41H,16,18-20H2,1-3H3,(H,34,40)(H,35,39)/t23?,27?,28?,29-,33-/m1/s1. The van der Waals surface area contributed by atoms with Crippen LogP contribution in [0, 0.1) is 5.92 Å². The van der Waals surface area contributed by atoms with Crippen molar-refractivity contribution >= 4 is 12.0 Å². The third kappa shape index (κ3) is 8.09. The van der Waals surface area contributed by atoms with Crippen molar-refractivity contribution in [3.8, 4) is 5.75 Å². The van der Waals surface area contributed by atoms with Gasteiger partial charge in [-0.25, -0.2) is 4.79 Å². The molecule has 0 radical (unpaired) electrons. The highest BCUT2D eigenvalue weighted by molar-refractivity contribution is 5.80. The normalized spacial score (nSPS) is 20.2. The molecule has 6 N–H and O–H groups in total. The van der Waals surface area contributed by atoms with Gasteiger partial charge in [0.25, 0.3) is 0 Å². The van der Waals surface area contributed by atoms with Gasteiger partial charge in [-0.3, -0.25) is 4.79 Å². The third-order valence-corrected chi connectivity index (χ3v) is 7.34. The van der Waals surface area contributed by atoms with Crippen LogP contribution < -0.4 is 10.6 Å². The monoisotopic (exact) mass is 576 g/mol. The molecule has 224 valence electrons. The molecule has 0 bridgehead atoms. The van der Waals surface area contributed by atoms with Gasteiger partial charge in [-0.15, -0.1) is 0 Å². The number of alkyl carbamates (subject to hydrolysis) is 1. The van der Waals surface area contributed by atoms with Crippen molar-refractivity contribution in [2.75, 3.05) is 0 Å². The number of aliphatic hydroxyl groups is 3. The topological polar surface area (TPSA) is 148 Å². The Kier molecular flexibility index (Phi) is 9.56. The fraction of sp³-hybridized carbons (Fsp3) is 0.394. The minimum absolute atomic E-state index is 0.0345. The number of aromatic hydroxyl groups is 1. The Morgan fingerprint density at radius 2 is 1.64 bits per heavy atom. The van der Waals surface area contributed by atoms with E-state index in [1.54, 1.807) is 57.2 Å². The molecule has 3 aromatic carbocycles. The first-order valence-electron chi connectivity index (χ1n) is 14.1. The molecule has 42 heavy (non-hydrogen) atoms. The first-order valence-corrected chi connectivity index (χ1v) is 14.1. The van der Waals surface area contributed by atoms with Crippen LogP contribution in [0.4, 0.5) is 4.79 Å². The second kappa shape index (κ2) is 12.9. The number of rotatable bonds is 10. The molecule has 1 aliphatic carbocycles. The van der Waals surface area contributed by atoms with Crippen LogP contribution in [0.1, 0.15) is 62.0 Å². The highest BCUT2D eigenvalue weighted by Gasteiger charge is 2.44. The number of phenolic OH excluding ortho intramolecular Hbond substituents is 1. The Balaban J connectivity index is 1.59. The highest BCUT2D eigenvalue weighted by atomic mass is 16.6. The molecule has 0 saturated carbocycles. The lowest BCUT2D eigenvalue weighted by atomic mass is 9.88. The molecular weight excluding hydrogens is 536 g/mol. The molecular formula is C33H40N2O7. The van der Waals surface area contributed by atoms with Gasteiger partial charge in [0.05, 0.1) is 18.2 Å². The van der Waals surface area contributed by atoms with Crippen LogP contribution in [0.25, 0.3) is 0 Å². The number of carbonyl (C=O) groups is 2. The first-order chi connectivity index (χ1) is 19.8. The molecule has 3 unspecified atom stereocenters. The average molecular weight is 577 g/mol. The fourth-order valence-corrected chi connectivity index (χ4v) is 5.41. The van der Waals surface area contributed by atoms with E-state index in [9.17, 15) is 30.0 Å². The summed E-state index contributed by atoms with van der Waals surface area (Å²) in [5.41, 5.74) is -0.0709. The number of amides is 2. The number of hydrogen-bond donors (Lipinski definition) is 6. The Morgan fingerprint density at radius 3 is 2.33 bits per heavy atom. The average Bonchev–Trinajstić information content (AvgIpc) is 3.17. The molecule has 3 aromatic rings. The number of carbonyl (C=O) groups excluding carboxylic acids is 2. The molecule has 2 amide bonds. The molecule has 9 nitrogen and oxygen atoms in total.